The van der Waals surface area contributed by atoms with Gasteiger partial charge < -0.3 is 19.6 Å². The summed E-state index contributed by atoms with van der Waals surface area (Å²) in [6.07, 6.45) is -0.157. The molecule has 1 heterocycles. The zero-order valence-corrected chi connectivity index (χ0v) is 14.5. The van der Waals surface area contributed by atoms with Gasteiger partial charge in [-0.2, -0.15) is 0 Å². The number of aliphatic hydroxyl groups is 1. The van der Waals surface area contributed by atoms with Gasteiger partial charge in [0, 0.05) is 18.2 Å². The van der Waals surface area contributed by atoms with Gasteiger partial charge in [0.05, 0.1) is 11.5 Å². The van der Waals surface area contributed by atoms with Gasteiger partial charge >= 0.3 is 0 Å². The molecule has 0 bridgehead atoms. The first-order chi connectivity index (χ1) is 11.3. The SMILES string of the molecule is CN1c2ccc3ccccc3c2C(C)(C)C1(C)C(C=O)C(O)C=O. The molecule has 24 heavy (non-hydrogen) atoms. The topological polar surface area (TPSA) is 57.6 Å². The van der Waals surface area contributed by atoms with Gasteiger partial charge in [-0.1, -0.05) is 44.2 Å². The lowest BCUT2D eigenvalue weighted by Crippen LogP contribution is -2.61. The summed E-state index contributed by atoms with van der Waals surface area (Å²) in [5.74, 6) is -0.818. The lowest BCUT2D eigenvalue weighted by molar-refractivity contribution is -0.127. The molecule has 1 aliphatic heterocycles. The van der Waals surface area contributed by atoms with Crippen molar-refractivity contribution in [2.45, 2.75) is 37.8 Å². The summed E-state index contributed by atoms with van der Waals surface area (Å²) in [4.78, 5) is 25.0. The fourth-order valence-corrected chi connectivity index (χ4v) is 4.39. The molecule has 2 aromatic carbocycles. The quantitative estimate of drug-likeness (QED) is 0.878. The van der Waals surface area contributed by atoms with Gasteiger partial charge in [0.25, 0.3) is 0 Å². The molecule has 0 fully saturated rings. The van der Waals surface area contributed by atoms with Crippen molar-refractivity contribution >= 4 is 29.0 Å². The normalized spacial score (nSPS) is 24.5. The Morgan fingerprint density at radius 2 is 1.71 bits per heavy atom. The second-order valence-electron chi connectivity index (χ2n) is 7.30. The van der Waals surface area contributed by atoms with Gasteiger partial charge in [0.2, 0.25) is 0 Å². The number of benzene rings is 2. The van der Waals surface area contributed by atoms with E-state index in [4.69, 9.17) is 0 Å². The van der Waals surface area contributed by atoms with E-state index in [1.807, 2.05) is 31.0 Å². The maximum Gasteiger partial charge on any atom is 0.149 e. The molecule has 0 radical (unpaired) electrons. The summed E-state index contributed by atoms with van der Waals surface area (Å²) in [6, 6.07) is 12.3. The van der Waals surface area contributed by atoms with Gasteiger partial charge in [0.1, 0.15) is 18.7 Å². The number of fused-ring (bicyclic) bond motifs is 3. The molecule has 0 spiro atoms. The molecule has 0 aromatic heterocycles. The highest BCUT2D eigenvalue weighted by molar-refractivity contribution is 5.94. The average molecular weight is 325 g/mol. The fourth-order valence-electron chi connectivity index (χ4n) is 4.39. The van der Waals surface area contributed by atoms with Crippen molar-refractivity contribution in [3.8, 4) is 0 Å². The van der Waals surface area contributed by atoms with Crippen LogP contribution in [0.3, 0.4) is 0 Å². The van der Waals surface area contributed by atoms with Crippen LogP contribution >= 0.6 is 0 Å². The number of aliphatic hydroxyl groups excluding tert-OH is 1. The van der Waals surface area contributed by atoms with E-state index in [9.17, 15) is 14.7 Å². The Kier molecular flexibility index (Phi) is 3.76. The second kappa shape index (κ2) is 5.42. The molecule has 2 aromatic rings. The highest BCUT2D eigenvalue weighted by Gasteiger charge is 2.58. The van der Waals surface area contributed by atoms with E-state index < -0.39 is 23.0 Å². The molecule has 3 rings (SSSR count). The van der Waals surface area contributed by atoms with Crippen LogP contribution in [0, 0.1) is 5.92 Å². The molecule has 1 aliphatic rings. The van der Waals surface area contributed by atoms with Crippen LogP contribution in [-0.4, -0.2) is 36.4 Å². The molecule has 1 N–H and O–H groups in total. The van der Waals surface area contributed by atoms with Crippen LogP contribution in [0.4, 0.5) is 5.69 Å². The van der Waals surface area contributed by atoms with Crippen LogP contribution in [0.1, 0.15) is 26.3 Å². The largest absolute Gasteiger partial charge is 0.385 e. The van der Waals surface area contributed by atoms with Gasteiger partial charge in [-0.15, -0.1) is 0 Å². The number of likely N-dealkylation sites (N-methyl/N-ethyl adjacent to an activating group) is 1. The molecule has 4 heteroatoms. The zero-order chi connectivity index (χ0) is 17.7. The summed E-state index contributed by atoms with van der Waals surface area (Å²) in [6.45, 7) is 6.11. The number of aldehydes is 2. The lowest BCUT2D eigenvalue weighted by Gasteiger charge is -2.48. The van der Waals surface area contributed by atoms with Gasteiger partial charge in [-0.25, -0.2) is 0 Å². The molecule has 3 unspecified atom stereocenters. The Morgan fingerprint density at radius 3 is 2.33 bits per heavy atom. The summed E-state index contributed by atoms with van der Waals surface area (Å²) in [5, 5.41) is 12.4. The van der Waals surface area contributed by atoms with Crippen LogP contribution in [0.5, 0.6) is 0 Å². The van der Waals surface area contributed by atoms with E-state index >= 15 is 0 Å². The highest BCUT2D eigenvalue weighted by Crippen LogP contribution is 2.56. The molecule has 0 saturated heterocycles. The van der Waals surface area contributed by atoms with Crippen molar-refractivity contribution in [3.63, 3.8) is 0 Å². The first-order valence-corrected chi connectivity index (χ1v) is 8.15. The Balaban J connectivity index is 2.31. The third-order valence-corrected chi connectivity index (χ3v) is 6.16. The van der Waals surface area contributed by atoms with Crippen LogP contribution in [0.2, 0.25) is 0 Å². The third-order valence-electron chi connectivity index (χ3n) is 6.16. The minimum absolute atomic E-state index is 0.437. The van der Waals surface area contributed by atoms with Crippen molar-refractivity contribution in [1.29, 1.82) is 0 Å². The summed E-state index contributed by atoms with van der Waals surface area (Å²) in [5.41, 5.74) is 1.02. The first-order valence-electron chi connectivity index (χ1n) is 8.15. The Morgan fingerprint density at radius 1 is 1.04 bits per heavy atom. The molecule has 3 atom stereocenters. The number of hydrogen-bond donors (Lipinski definition) is 1. The van der Waals surface area contributed by atoms with E-state index in [0.29, 0.717) is 12.6 Å². The van der Waals surface area contributed by atoms with E-state index in [0.717, 1.165) is 22.0 Å². The molecule has 4 nitrogen and oxygen atoms in total. The predicted molar refractivity (Wildman–Crippen MR) is 95.4 cm³/mol. The van der Waals surface area contributed by atoms with Gasteiger partial charge in [-0.3, -0.25) is 0 Å². The van der Waals surface area contributed by atoms with E-state index in [1.54, 1.807) is 0 Å². The molecule has 126 valence electrons. The lowest BCUT2D eigenvalue weighted by atomic mass is 9.63. The molecule has 0 aliphatic carbocycles. The number of rotatable bonds is 4. The smallest absolute Gasteiger partial charge is 0.149 e. The molecular formula is C20H23NO3. The molecular weight excluding hydrogens is 302 g/mol. The summed E-state index contributed by atoms with van der Waals surface area (Å²) >= 11 is 0. The second-order valence-corrected chi connectivity index (χ2v) is 7.30. The number of nitrogens with zero attached hydrogens (tertiary/aromatic N) is 1. The summed E-state index contributed by atoms with van der Waals surface area (Å²) in [7, 11) is 1.93. The minimum Gasteiger partial charge on any atom is -0.385 e. The van der Waals surface area contributed by atoms with Crippen molar-refractivity contribution in [3.05, 3.63) is 42.0 Å². The van der Waals surface area contributed by atoms with E-state index in [1.165, 1.54) is 0 Å². The van der Waals surface area contributed by atoms with Crippen LogP contribution in [0.15, 0.2) is 36.4 Å². The maximum absolute atomic E-state index is 11.8. The fraction of sp³-hybridized carbons (Fsp3) is 0.400. The van der Waals surface area contributed by atoms with Gasteiger partial charge in [-0.05, 0) is 29.3 Å². The van der Waals surface area contributed by atoms with Crippen molar-refractivity contribution in [1.82, 2.24) is 0 Å². The monoisotopic (exact) mass is 325 g/mol. The Hall–Kier alpha value is -2.20. The number of carbonyl (C=O) groups is 2. The summed E-state index contributed by atoms with van der Waals surface area (Å²) < 4.78 is 0. The zero-order valence-electron chi connectivity index (χ0n) is 14.5. The Labute approximate surface area is 142 Å². The Bertz CT molecular complexity index is 814. The third kappa shape index (κ3) is 1.89. The van der Waals surface area contributed by atoms with Crippen molar-refractivity contribution in [2.75, 3.05) is 11.9 Å². The van der Waals surface area contributed by atoms with Crippen molar-refractivity contribution < 1.29 is 14.7 Å². The predicted octanol–water partition coefficient (Wildman–Crippen LogP) is 2.70. The van der Waals surface area contributed by atoms with Crippen molar-refractivity contribution in [2.24, 2.45) is 5.92 Å². The first kappa shape index (κ1) is 16.7. The standard InChI is InChI=1S/C20H23NO3/c1-19(2)18-14-8-6-5-7-13(14)9-10-16(18)21(4)20(19,3)15(11-22)17(24)12-23/h5-12,15,17,24H,1-4H3. The minimum atomic E-state index is -1.32. The van der Waals surface area contributed by atoms with E-state index in [-0.39, 0.29) is 0 Å². The van der Waals surface area contributed by atoms with Crippen LogP contribution in [0.25, 0.3) is 10.8 Å². The number of anilines is 1. The van der Waals surface area contributed by atoms with Crippen LogP contribution < -0.4 is 4.90 Å². The highest BCUT2D eigenvalue weighted by atomic mass is 16.3. The van der Waals surface area contributed by atoms with Crippen LogP contribution in [-0.2, 0) is 15.0 Å². The average Bonchev–Trinajstić information content (AvgIpc) is 2.74. The van der Waals surface area contributed by atoms with E-state index in [2.05, 4.69) is 38.1 Å². The van der Waals surface area contributed by atoms with Gasteiger partial charge in [0.15, 0.2) is 0 Å². The molecule has 0 amide bonds. The number of carbonyl (C=O) groups excluding carboxylic acids is 2. The number of hydrogen-bond acceptors (Lipinski definition) is 4. The molecule has 0 saturated carbocycles. The maximum atomic E-state index is 11.8.